The fraction of sp³-hybridized carbons (Fsp3) is 0.625. The lowest BCUT2D eigenvalue weighted by atomic mass is 9.86. The van der Waals surface area contributed by atoms with Crippen LogP contribution in [0, 0.1) is 26.7 Å². The van der Waals surface area contributed by atoms with E-state index in [0.29, 0.717) is 0 Å². The molecule has 0 aromatic heterocycles. The number of halogens is 1. The van der Waals surface area contributed by atoms with Crippen LogP contribution < -0.4 is 10.1 Å². The van der Waals surface area contributed by atoms with Crippen molar-refractivity contribution in [2.75, 3.05) is 20.2 Å². The number of piperidine rings is 1. The Morgan fingerprint density at radius 2 is 1.74 bits per heavy atom. The van der Waals surface area contributed by atoms with E-state index in [1.54, 1.807) is 7.11 Å². The number of hydrogen-bond acceptors (Lipinski definition) is 2. The highest BCUT2D eigenvalue weighted by atomic mass is 79.9. The van der Waals surface area contributed by atoms with Gasteiger partial charge in [0.05, 0.1) is 11.6 Å². The summed E-state index contributed by atoms with van der Waals surface area (Å²) in [5.74, 6) is 1.81. The van der Waals surface area contributed by atoms with E-state index < -0.39 is 0 Å². The monoisotopic (exact) mass is 325 g/mol. The Morgan fingerprint density at radius 3 is 2.32 bits per heavy atom. The molecule has 3 heteroatoms. The van der Waals surface area contributed by atoms with Crippen molar-refractivity contribution in [1.29, 1.82) is 0 Å². The van der Waals surface area contributed by atoms with Crippen molar-refractivity contribution in [1.82, 2.24) is 5.32 Å². The van der Waals surface area contributed by atoms with Gasteiger partial charge in [-0.3, -0.25) is 0 Å². The molecule has 0 atom stereocenters. The summed E-state index contributed by atoms with van der Waals surface area (Å²) in [6.45, 7) is 8.92. The lowest BCUT2D eigenvalue weighted by Crippen LogP contribution is -2.29. The van der Waals surface area contributed by atoms with Gasteiger partial charge in [-0.25, -0.2) is 0 Å². The van der Waals surface area contributed by atoms with Crippen molar-refractivity contribution in [2.45, 2.75) is 40.0 Å². The van der Waals surface area contributed by atoms with Gasteiger partial charge in [-0.05, 0) is 97.2 Å². The number of methoxy groups -OCH3 is 1. The molecule has 1 heterocycles. The molecule has 0 aliphatic carbocycles. The Balaban J connectivity index is 2.34. The van der Waals surface area contributed by atoms with Gasteiger partial charge in [0, 0.05) is 0 Å². The molecule has 0 unspecified atom stereocenters. The molecule has 0 bridgehead atoms. The van der Waals surface area contributed by atoms with Crippen LogP contribution >= 0.6 is 15.9 Å². The molecule has 0 amide bonds. The van der Waals surface area contributed by atoms with Gasteiger partial charge in [-0.15, -0.1) is 0 Å². The largest absolute Gasteiger partial charge is 0.495 e. The molecular formula is C16H24BrNO. The minimum absolute atomic E-state index is 0.818. The highest BCUT2D eigenvalue weighted by Crippen LogP contribution is 2.38. The van der Waals surface area contributed by atoms with Gasteiger partial charge in [-0.1, -0.05) is 0 Å². The molecule has 1 saturated heterocycles. The average Bonchev–Trinajstić information content (AvgIpc) is 2.43. The fourth-order valence-electron chi connectivity index (χ4n) is 3.07. The predicted octanol–water partition coefficient (Wildman–Crippen LogP) is 3.93. The molecule has 0 spiro atoms. The number of nitrogens with one attached hydrogen (secondary N) is 1. The van der Waals surface area contributed by atoms with Crippen LogP contribution in [-0.4, -0.2) is 20.2 Å². The Labute approximate surface area is 125 Å². The topological polar surface area (TPSA) is 21.3 Å². The maximum Gasteiger partial charge on any atom is 0.136 e. The van der Waals surface area contributed by atoms with Crippen molar-refractivity contribution >= 4 is 15.9 Å². The first-order valence-corrected chi connectivity index (χ1v) is 7.88. The van der Waals surface area contributed by atoms with Crippen LogP contribution in [0.3, 0.4) is 0 Å². The molecule has 1 aromatic rings. The molecule has 1 N–H and O–H groups in total. The highest BCUT2D eigenvalue weighted by Gasteiger charge is 2.20. The summed E-state index contributed by atoms with van der Waals surface area (Å²) >= 11 is 3.70. The van der Waals surface area contributed by atoms with E-state index in [9.17, 15) is 0 Å². The Bertz CT molecular complexity index is 435. The molecule has 0 radical (unpaired) electrons. The summed E-state index contributed by atoms with van der Waals surface area (Å²) in [7, 11) is 1.75. The molecule has 19 heavy (non-hydrogen) atoms. The lowest BCUT2D eigenvalue weighted by Gasteiger charge is -2.26. The predicted molar refractivity (Wildman–Crippen MR) is 84.2 cm³/mol. The number of rotatable bonds is 3. The second-order valence-electron chi connectivity index (χ2n) is 5.60. The molecule has 0 saturated carbocycles. The zero-order chi connectivity index (χ0) is 14.0. The van der Waals surface area contributed by atoms with Crippen LogP contribution in [0.15, 0.2) is 4.47 Å². The molecular weight excluding hydrogens is 302 g/mol. The number of hydrogen-bond donors (Lipinski definition) is 1. The third-order valence-corrected chi connectivity index (χ3v) is 5.45. The second-order valence-corrected chi connectivity index (χ2v) is 6.39. The fourth-order valence-corrected chi connectivity index (χ4v) is 3.77. The van der Waals surface area contributed by atoms with Crippen LogP contribution in [0.4, 0.5) is 0 Å². The molecule has 1 aromatic carbocycles. The van der Waals surface area contributed by atoms with Crippen molar-refractivity contribution < 1.29 is 4.74 Å². The minimum Gasteiger partial charge on any atom is -0.495 e. The quantitative estimate of drug-likeness (QED) is 0.909. The maximum absolute atomic E-state index is 5.53. The second kappa shape index (κ2) is 6.27. The Morgan fingerprint density at radius 1 is 1.11 bits per heavy atom. The molecule has 2 rings (SSSR count). The van der Waals surface area contributed by atoms with Gasteiger partial charge in [0.15, 0.2) is 0 Å². The first-order chi connectivity index (χ1) is 9.06. The summed E-state index contributed by atoms with van der Waals surface area (Å²) in [5.41, 5.74) is 5.52. The Kier molecular flexibility index (Phi) is 4.91. The highest BCUT2D eigenvalue weighted by molar-refractivity contribution is 9.10. The van der Waals surface area contributed by atoms with Gasteiger partial charge in [0.2, 0.25) is 0 Å². The zero-order valence-electron chi connectivity index (χ0n) is 12.4. The third-order valence-electron chi connectivity index (χ3n) is 4.49. The van der Waals surface area contributed by atoms with E-state index in [1.165, 1.54) is 54.6 Å². The van der Waals surface area contributed by atoms with Crippen LogP contribution in [0.2, 0.25) is 0 Å². The third kappa shape index (κ3) is 2.97. The SMILES string of the molecule is COc1c(C)c(C)c(CC2CCNCC2)c(C)c1Br. The maximum atomic E-state index is 5.53. The molecule has 2 nitrogen and oxygen atoms in total. The van der Waals surface area contributed by atoms with Crippen LogP contribution in [0.25, 0.3) is 0 Å². The van der Waals surface area contributed by atoms with Gasteiger partial charge >= 0.3 is 0 Å². The molecule has 1 aliphatic heterocycles. The van der Waals surface area contributed by atoms with E-state index in [4.69, 9.17) is 4.74 Å². The normalized spacial score (nSPS) is 16.7. The summed E-state index contributed by atoms with van der Waals surface area (Å²) in [6.07, 6.45) is 3.78. The van der Waals surface area contributed by atoms with Gasteiger partial charge in [0.25, 0.3) is 0 Å². The summed E-state index contributed by atoms with van der Waals surface area (Å²) in [6, 6.07) is 0. The molecule has 1 aliphatic rings. The smallest absolute Gasteiger partial charge is 0.136 e. The van der Waals surface area contributed by atoms with Crippen LogP contribution in [0.5, 0.6) is 5.75 Å². The van der Waals surface area contributed by atoms with Gasteiger partial charge < -0.3 is 10.1 Å². The van der Waals surface area contributed by atoms with Crippen molar-refractivity contribution in [3.8, 4) is 5.75 Å². The van der Waals surface area contributed by atoms with E-state index >= 15 is 0 Å². The van der Waals surface area contributed by atoms with Crippen LogP contribution in [-0.2, 0) is 6.42 Å². The Hall–Kier alpha value is -0.540. The lowest BCUT2D eigenvalue weighted by molar-refractivity contribution is 0.371. The minimum atomic E-state index is 0.818. The zero-order valence-corrected chi connectivity index (χ0v) is 14.0. The van der Waals surface area contributed by atoms with E-state index in [2.05, 4.69) is 42.0 Å². The summed E-state index contributed by atoms with van der Waals surface area (Å²) in [5, 5.41) is 3.44. The number of ether oxygens (including phenoxy) is 1. The summed E-state index contributed by atoms with van der Waals surface area (Å²) < 4.78 is 6.65. The number of benzene rings is 1. The van der Waals surface area contributed by atoms with Gasteiger partial charge in [-0.2, -0.15) is 0 Å². The molecule has 1 fully saturated rings. The van der Waals surface area contributed by atoms with E-state index in [0.717, 1.165) is 16.1 Å². The first kappa shape index (κ1) is 14.9. The molecule has 106 valence electrons. The van der Waals surface area contributed by atoms with Crippen molar-refractivity contribution in [2.24, 2.45) is 5.92 Å². The standard InChI is InChI=1S/C16H24BrNO/c1-10-11(2)16(19-4)15(17)12(3)14(10)9-13-5-7-18-8-6-13/h13,18H,5-9H2,1-4H3. The van der Waals surface area contributed by atoms with Gasteiger partial charge in [0.1, 0.15) is 5.75 Å². The van der Waals surface area contributed by atoms with E-state index in [1.807, 2.05) is 0 Å². The first-order valence-electron chi connectivity index (χ1n) is 7.09. The average molecular weight is 326 g/mol. The van der Waals surface area contributed by atoms with E-state index in [-0.39, 0.29) is 0 Å². The van der Waals surface area contributed by atoms with Crippen molar-refractivity contribution in [3.63, 3.8) is 0 Å². The van der Waals surface area contributed by atoms with Crippen molar-refractivity contribution in [3.05, 3.63) is 26.7 Å². The van der Waals surface area contributed by atoms with Crippen LogP contribution in [0.1, 0.15) is 35.1 Å². The summed E-state index contributed by atoms with van der Waals surface area (Å²) in [4.78, 5) is 0.